The fourth-order valence-electron chi connectivity index (χ4n) is 7.03. The van der Waals surface area contributed by atoms with Gasteiger partial charge in [-0.2, -0.15) is 4.31 Å². The maximum atomic E-state index is 13.8. The lowest BCUT2D eigenvalue weighted by atomic mass is 9.78. The number of benzene rings is 1. The van der Waals surface area contributed by atoms with Gasteiger partial charge < -0.3 is 24.2 Å². The van der Waals surface area contributed by atoms with Crippen molar-refractivity contribution in [3.63, 3.8) is 0 Å². The average molecular weight is 603 g/mol. The maximum Gasteiger partial charge on any atom is 0.248 e. The van der Waals surface area contributed by atoms with Crippen molar-refractivity contribution in [2.45, 2.75) is 76.2 Å². The SMILES string of the molecule is COc1cc2cc(c1OC)CCCNC(=O)CCC[C@H]1[C@@H]3C[C@H](CN1C(=O)CC2)CN(S(=O)(=O)c1c(C)noc1C)C3. The fraction of sp³-hybridized carbons (Fsp3) is 0.633. The van der Waals surface area contributed by atoms with Crippen LogP contribution < -0.4 is 14.8 Å². The molecule has 4 bridgehead atoms. The van der Waals surface area contributed by atoms with Crippen LogP contribution in [0.1, 0.15) is 61.1 Å². The minimum absolute atomic E-state index is 0.0155. The normalized spacial score (nSPS) is 24.6. The summed E-state index contributed by atoms with van der Waals surface area (Å²) in [5.74, 6) is 1.65. The van der Waals surface area contributed by atoms with Crippen LogP contribution in [0.15, 0.2) is 21.6 Å². The minimum Gasteiger partial charge on any atom is -0.493 e. The van der Waals surface area contributed by atoms with Gasteiger partial charge in [0.2, 0.25) is 21.8 Å². The molecule has 1 aromatic heterocycles. The first kappa shape index (κ1) is 30.3. The molecule has 2 amide bonds. The highest BCUT2D eigenvalue weighted by Gasteiger charge is 2.46. The first-order valence-corrected chi connectivity index (χ1v) is 16.3. The molecule has 3 atom stereocenters. The van der Waals surface area contributed by atoms with Crippen LogP contribution in [0.3, 0.4) is 0 Å². The maximum absolute atomic E-state index is 13.8. The molecule has 1 aromatic carbocycles. The summed E-state index contributed by atoms with van der Waals surface area (Å²) in [6, 6.07) is 3.86. The van der Waals surface area contributed by atoms with Gasteiger partial charge in [-0.05, 0) is 81.4 Å². The van der Waals surface area contributed by atoms with E-state index in [4.69, 9.17) is 14.0 Å². The van der Waals surface area contributed by atoms with E-state index in [1.165, 1.54) is 0 Å². The Morgan fingerprint density at radius 2 is 1.81 bits per heavy atom. The zero-order valence-corrected chi connectivity index (χ0v) is 25.8. The van der Waals surface area contributed by atoms with Gasteiger partial charge in [0.1, 0.15) is 10.6 Å². The number of hydrogen-bond donors (Lipinski definition) is 1. The van der Waals surface area contributed by atoms with Crippen molar-refractivity contribution in [3.05, 3.63) is 34.7 Å². The van der Waals surface area contributed by atoms with Crippen LogP contribution in [-0.4, -0.2) is 81.0 Å². The highest BCUT2D eigenvalue weighted by atomic mass is 32.2. The van der Waals surface area contributed by atoms with Gasteiger partial charge >= 0.3 is 0 Å². The lowest BCUT2D eigenvalue weighted by Crippen LogP contribution is -2.60. The van der Waals surface area contributed by atoms with E-state index >= 15 is 0 Å². The molecule has 1 N–H and O–H groups in total. The second-order valence-electron chi connectivity index (χ2n) is 11.8. The van der Waals surface area contributed by atoms with Gasteiger partial charge in [0.25, 0.3) is 0 Å². The van der Waals surface area contributed by atoms with Crippen molar-refractivity contribution < 1.29 is 32.0 Å². The summed E-state index contributed by atoms with van der Waals surface area (Å²) in [6.07, 6.45) is 4.87. The molecule has 0 spiro atoms. The molecule has 11 nitrogen and oxygen atoms in total. The number of amides is 2. The molecule has 12 heteroatoms. The van der Waals surface area contributed by atoms with Crippen LogP contribution in [0.5, 0.6) is 11.5 Å². The average Bonchev–Trinajstić information content (AvgIpc) is 3.32. The summed E-state index contributed by atoms with van der Waals surface area (Å²) in [7, 11) is -0.570. The molecular formula is C30H42N4O7S. The van der Waals surface area contributed by atoms with E-state index in [2.05, 4.69) is 16.5 Å². The van der Waals surface area contributed by atoms with Crippen LogP contribution in [0.2, 0.25) is 0 Å². The van der Waals surface area contributed by atoms with E-state index in [1.54, 1.807) is 32.4 Å². The third-order valence-corrected chi connectivity index (χ3v) is 11.0. The van der Waals surface area contributed by atoms with Crippen molar-refractivity contribution in [3.8, 4) is 11.5 Å². The van der Waals surface area contributed by atoms with Crippen LogP contribution in [0, 0.1) is 25.7 Å². The van der Waals surface area contributed by atoms with E-state index in [-0.39, 0.29) is 40.3 Å². The van der Waals surface area contributed by atoms with Crippen molar-refractivity contribution >= 4 is 21.8 Å². The Balaban J connectivity index is 1.40. The Labute approximate surface area is 247 Å². The van der Waals surface area contributed by atoms with Crippen LogP contribution >= 0.6 is 0 Å². The van der Waals surface area contributed by atoms with Crippen LogP contribution in [-0.2, 0) is 32.5 Å². The lowest BCUT2D eigenvalue weighted by Gasteiger charge is -2.50. The minimum atomic E-state index is -3.79. The molecule has 4 heterocycles. The van der Waals surface area contributed by atoms with Gasteiger partial charge in [-0.3, -0.25) is 9.59 Å². The van der Waals surface area contributed by atoms with Crippen molar-refractivity contribution in [1.82, 2.24) is 19.7 Å². The summed E-state index contributed by atoms with van der Waals surface area (Å²) in [4.78, 5) is 28.6. The third kappa shape index (κ3) is 6.15. The summed E-state index contributed by atoms with van der Waals surface area (Å²) >= 11 is 0. The van der Waals surface area contributed by atoms with Crippen molar-refractivity contribution in [2.75, 3.05) is 40.4 Å². The van der Waals surface area contributed by atoms with E-state index < -0.39 is 10.0 Å². The molecule has 0 aliphatic carbocycles. The first-order valence-electron chi connectivity index (χ1n) is 14.8. The number of rotatable bonds is 4. The number of hydrogen-bond acceptors (Lipinski definition) is 8. The zero-order chi connectivity index (χ0) is 30.0. The van der Waals surface area contributed by atoms with E-state index in [1.807, 2.05) is 11.0 Å². The van der Waals surface area contributed by atoms with E-state index in [9.17, 15) is 18.0 Å². The standard InChI is InChI=1S/C30H42N4O7S/c1-19-30(20(2)41-32-19)42(37,38)33-16-22-14-24(18-33)25-8-5-9-27(35)31-12-6-7-23-13-21(10-11-28(36)34(25)17-22)15-26(39-3)29(23)40-4/h13,15,22,24-25H,5-12,14,16-18H2,1-4H3,(H,31,35)/t22-,24+,25-/m0/s1. The van der Waals surface area contributed by atoms with Gasteiger partial charge in [0, 0.05) is 45.1 Å². The molecule has 3 aliphatic heterocycles. The molecular weight excluding hydrogens is 560 g/mol. The Morgan fingerprint density at radius 3 is 2.52 bits per heavy atom. The zero-order valence-electron chi connectivity index (χ0n) is 25.0. The highest BCUT2D eigenvalue weighted by Crippen LogP contribution is 2.39. The number of fused-ring (bicyclic) bond motifs is 6. The predicted octanol–water partition coefficient (Wildman–Crippen LogP) is 3.01. The van der Waals surface area contributed by atoms with Crippen LogP contribution in [0.25, 0.3) is 0 Å². The summed E-state index contributed by atoms with van der Waals surface area (Å²) < 4.78 is 45.3. The number of methoxy groups -OCH3 is 2. The molecule has 42 heavy (non-hydrogen) atoms. The molecule has 230 valence electrons. The topological polar surface area (TPSA) is 131 Å². The summed E-state index contributed by atoms with van der Waals surface area (Å²) in [5.41, 5.74) is 2.34. The number of nitrogens with one attached hydrogen (secondary N) is 1. The molecule has 2 fully saturated rings. The Morgan fingerprint density at radius 1 is 1.00 bits per heavy atom. The lowest BCUT2D eigenvalue weighted by molar-refractivity contribution is -0.140. The number of nitrogens with zero attached hydrogens (tertiary/aromatic N) is 3. The predicted molar refractivity (Wildman–Crippen MR) is 155 cm³/mol. The first-order chi connectivity index (χ1) is 20.1. The quantitative estimate of drug-likeness (QED) is 0.565. The largest absolute Gasteiger partial charge is 0.493 e. The van der Waals surface area contributed by atoms with Gasteiger partial charge in [0.15, 0.2) is 17.3 Å². The van der Waals surface area contributed by atoms with Crippen LogP contribution in [0.4, 0.5) is 0 Å². The monoisotopic (exact) mass is 602 g/mol. The number of piperidine rings is 2. The van der Waals surface area contributed by atoms with Gasteiger partial charge in [-0.1, -0.05) is 11.2 Å². The summed E-state index contributed by atoms with van der Waals surface area (Å²) in [5, 5.41) is 6.88. The number of carbonyl (C=O) groups excluding carboxylic acids is 2. The molecule has 2 saturated heterocycles. The molecule has 0 saturated carbocycles. The molecule has 3 aliphatic rings. The highest BCUT2D eigenvalue weighted by molar-refractivity contribution is 7.89. The summed E-state index contributed by atoms with van der Waals surface area (Å²) in [6.45, 7) is 4.98. The van der Waals surface area contributed by atoms with Gasteiger partial charge in [0.05, 0.1) is 14.2 Å². The smallest absolute Gasteiger partial charge is 0.248 e. The van der Waals surface area contributed by atoms with E-state index in [0.717, 1.165) is 24.0 Å². The second kappa shape index (κ2) is 12.6. The number of aryl methyl sites for hydroxylation is 4. The fourth-order valence-corrected chi connectivity index (χ4v) is 8.89. The number of carbonyl (C=O) groups is 2. The third-order valence-electron chi connectivity index (χ3n) is 8.91. The van der Waals surface area contributed by atoms with E-state index in [0.29, 0.717) is 81.9 Å². The molecule has 0 unspecified atom stereocenters. The number of sulfonamides is 1. The second-order valence-corrected chi connectivity index (χ2v) is 13.7. The number of ether oxygens (including phenoxy) is 2. The number of aromatic nitrogens is 1. The van der Waals surface area contributed by atoms with Crippen molar-refractivity contribution in [2.24, 2.45) is 11.8 Å². The molecule has 5 rings (SSSR count). The Bertz CT molecular complexity index is 1400. The van der Waals surface area contributed by atoms with Gasteiger partial charge in [-0.15, -0.1) is 0 Å². The Hall–Kier alpha value is -3.12. The molecule has 0 radical (unpaired) electrons. The molecule has 2 aromatic rings. The van der Waals surface area contributed by atoms with Crippen molar-refractivity contribution in [1.29, 1.82) is 0 Å². The Kier molecular flexibility index (Phi) is 9.12. The van der Waals surface area contributed by atoms with Gasteiger partial charge in [-0.25, -0.2) is 8.42 Å².